The second kappa shape index (κ2) is 10.6. The normalized spacial score (nSPS) is 12.2. The molecule has 1 aromatic heterocycles. The lowest BCUT2D eigenvalue weighted by Gasteiger charge is -2.12. The van der Waals surface area contributed by atoms with Crippen LogP contribution in [0.4, 0.5) is 13.2 Å². The molecule has 2 N–H and O–H groups in total. The second-order valence-electron chi connectivity index (χ2n) is 5.97. The lowest BCUT2D eigenvalue weighted by Crippen LogP contribution is -2.38. The van der Waals surface area contributed by atoms with Gasteiger partial charge in [-0.2, -0.15) is 13.2 Å². The van der Waals surface area contributed by atoms with E-state index in [1.807, 2.05) is 43.6 Å². The van der Waals surface area contributed by atoms with E-state index in [1.54, 1.807) is 12.1 Å². The van der Waals surface area contributed by atoms with Gasteiger partial charge in [-0.15, -0.1) is 0 Å². The molecule has 0 bridgehead atoms. The zero-order valence-electron chi connectivity index (χ0n) is 15.3. The third kappa shape index (κ3) is 8.63. The highest BCUT2D eigenvalue weighted by Crippen LogP contribution is 2.16. The van der Waals surface area contributed by atoms with Gasteiger partial charge in [0.05, 0.1) is 13.2 Å². The topological polar surface area (TPSA) is 50.6 Å². The summed E-state index contributed by atoms with van der Waals surface area (Å²) in [5.74, 6) is 0.698. The first-order valence-corrected chi connectivity index (χ1v) is 8.81. The van der Waals surface area contributed by atoms with Gasteiger partial charge in [-0.3, -0.25) is 0 Å². The molecule has 1 heterocycles. The summed E-state index contributed by atoms with van der Waals surface area (Å²) in [7, 11) is 0. The highest BCUT2D eigenvalue weighted by molar-refractivity contribution is 5.79. The van der Waals surface area contributed by atoms with Crippen LogP contribution < -0.4 is 10.6 Å². The predicted molar refractivity (Wildman–Crippen MR) is 99.4 cm³/mol. The van der Waals surface area contributed by atoms with Crippen molar-refractivity contribution in [3.05, 3.63) is 59.9 Å². The van der Waals surface area contributed by atoms with Crippen LogP contribution in [0.25, 0.3) is 0 Å². The fourth-order valence-electron chi connectivity index (χ4n) is 2.44. The molecule has 0 aliphatic carbocycles. The van der Waals surface area contributed by atoms with Gasteiger partial charge in [0.25, 0.3) is 0 Å². The Kier molecular flexibility index (Phi) is 8.19. The van der Waals surface area contributed by atoms with Crippen molar-refractivity contribution in [2.24, 2.45) is 4.99 Å². The highest BCUT2D eigenvalue weighted by atomic mass is 19.4. The van der Waals surface area contributed by atoms with E-state index in [0.29, 0.717) is 18.1 Å². The monoisotopic (exact) mass is 382 g/mol. The van der Waals surface area contributed by atoms with Crippen LogP contribution in [0.15, 0.2) is 53.8 Å². The molecule has 0 atom stereocenters. The number of ether oxygens (including phenoxy) is 1. The maximum Gasteiger partial charge on any atom is 0.411 e. The van der Waals surface area contributed by atoms with E-state index in [1.165, 1.54) is 0 Å². The van der Waals surface area contributed by atoms with Crippen LogP contribution >= 0.6 is 0 Å². The van der Waals surface area contributed by atoms with Gasteiger partial charge >= 0.3 is 6.18 Å². The van der Waals surface area contributed by atoms with Crippen molar-refractivity contribution in [1.82, 2.24) is 15.2 Å². The molecule has 0 saturated carbocycles. The van der Waals surface area contributed by atoms with Gasteiger partial charge in [0.2, 0.25) is 0 Å². The molecule has 148 valence electrons. The zero-order chi connectivity index (χ0) is 19.5. The van der Waals surface area contributed by atoms with E-state index in [-0.39, 0.29) is 6.61 Å². The van der Waals surface area contributed by atoms with Crippen molar-refractivity contribution in [1.29, 1.82) is 0 Å². The maximum atomic E-state index is 12.2. The standard InChI is InChI=1S/C19H25F3N4O/c1-2-23-18(24-8-11-26-9-3-4-10-26)25-13-16-6-5-7-17(12-16)14-27-15-19(20,21)22/h3-7,9-10,12H,2,8,11,13-15H2,1H3,(H2,23,24,25). The van der Waals surface area contributed by atoms with Crippen molar-refractivity contribution in [3.63, 3.8) is 0 Å². The van der Waals surface area contributed by atoms with Crippen LogP contribution in [0.3, 0.4) is 0 Å². The van der Waals surface area contributed by atoms with Gasteiger partial charge < -0.3 is 19.9 Å². The van der Waals surface area contributed by atoms with Gasteiger partial charge in [0.1, 0.15) is 6.61 Å². The fraction of sp³-hybridized carbons (Fsp3) is 0.421. The van der Waals surface area contributed by atoms with Gasteiger partial charge in [0.15, 0.2) is 5.96 Å². The molecular weight excluding hydrogens is 357 g/mol. The Morgan fingerprint density at radius 1 is 1.11 bits per heavy atom. The number of benzene rings is 1. The molecule has 0 radical (unpaired) electrons. The minimum absolute atomic E-state index is 0.0771. The van der Waals surface area contributed by atoms with Crippen LogP contribution in [0.2, 0.25) is 0 Å². The van der Waals surface area contributed by atoms with E-state index in [9.17, 15) is 13.2 Å². The van der Waals surface area contributed by atoms with Gasteiger partial charge in [0, 0.05) is 32.0 Å². The van der Waals surface area contributed by atoms with E-state index in [2.05, 4.69) is 20.2 Å². The summed E-state index contributed by atoms with van der Waals surface area (Å²) in [6.07, 6.45) is -0.314. The van der Waals surface area contributed by atoms with E-state index in [0.717, 1.165) is 25.2 Å². The first kappa shape index (κ1) is 20.8. The third-order valence-electron chi connectivity index (χ3n) is 3.62. The molecular formula is C19H25F3N4O. The second-order valence-corrected chi connectivity index (χ2v) is 5.97. The number of aliphatic imine (C=N–C) groups is 1. The molecule has 5 nitrogen and oxygen atoms in total. The first-order chi connectivity index (χ1) is 13.0. The summed E-state index contributed by atoms with van der Waals surface area (Å²) < 4.78 is 43.2. The third-order valence-corrected chi connectivity index (χ3v) is 3.62. The summed E-state index contributed by atoms with van der Waals surface area (Å²) >= 11 is 0. The molecule has 0 aliphatic heterocycles. The Labute approximate surface area is 157 Å². The van der Waals surface area contributed by atoms with Crippen LogP contribution in [-0.2, 0) is 24.4 Å². The molecule has 27 heavy (non-hydrogen) atoms. The lowest BCUT2D eigenvalue weighted by atomic mass is 10.1. The lowest BCUT2D eigenvalue weighted by molar-refractivity contribution is -0.176. The molecule has 0 aliphatic rings. The number of nitrogens with one attached hydrogen (secondary N) is 2. The van der Waals surface area contributed by atoms with Gasteiger partial charge in [-0.05, 0) is 30.2 Å². The Hall–Kier alpha value is -2.48. The Morgan fingerprint density at radius 2 is 1.85 bits per heavy atom. The van der Waals surface area contributed by atoms with Crippen LogP contribution in [0.1, 0.15) is 18.1 Å². The van der Waals surface area contributed by atoms with E-state index >= 15 is 0 Å². The van der Waals surface area contributed by atoms with Crippen LogP contribution in [0, 0.1) is 0 Å². The molecule has 0 amide bonds. The largest absolute Gasteiger partial charge is 0.411 e. The molecule has 0 unspecified atom stereocenters. The summed E-state index contributed by atoms with van der Waals surface area (Å²) in [6.45, 7) is 3.38. The van der Waals surface area contributed by atoms with Crippen molar-refractivity contribution in [3.8, 4) is 0 Å². The number of alkyl halides is 3. The number of hydrogen-bond donors (Lipinski definition) is 2. The predicted octanol–water partition coefficient (Wildman–Crippen LogP) is 3.32. The van der Waals surface area contributed by atoms with E-state index < -0.39 is 12.8 Å². The number of rotatable bonds is 9. The van der Waals surface area contributed by atoms with Crippen molar-refractivity contribution in [2.45, 2.75) is 32.8 Å². The molecule has 0 fully saturated rings. The van der Waals surface area contributed by atoms with Gasteiger partial charge in [-0.1, -0.05) is 24.3 Å². The van der Waals surface area contributed by atoms with Crippen molar-refractivity contribution in [2.75, 3.05) is 19.7 Å². The zero-order valence-corrected chi connectivity index (χ0v) is 15.3. The van der Waals surface area contributed by atoms with Crippen molar-refractivity contribution < 1.29 is 17.9 Å². The summed E-state index contributed by atoms with van der Waals surface area (Å²) in [5.41, 5.74) is 1.60. The molecule has 1 aromatic carbocycles. The number of aromatic nitrogens is 1. The van der Waals surface area contributed by atoms with Crippen molar-refractivity contribution >= 4 is 5.96 Å². The molecule has 0 saturated heterocycles. The summed E-state index contributed by atoms with van der Waals surface area (Å²) in [5, 5.41) is 6.44. The van der Waals surface area contributed by atoms with E-state index in [4.69, 9.17) is 4.74 Å². The SMILES string of the molecule is CCNC(=NCc1cccc(COCC(F)(F)F)c1)NCCn1cccc1. The first-order valence-electron chi connectivity index (χ1n) is 8.81. The Balaban J connectivity index is 1.85. The average molecular weight is 382 g/mol. The maximum absolute atomic E-state index is 12.2. The molecule has 0 spiro atoms. The van der Waals surface area contributed by atoms with Gasteiger partial charge in [-0.25, -0.2) is 4.99 Å². The minimum Gasteiger partial charge on any atom is -0.367 e. The van der Waals surface area contributed by atoms with Crippen LogP contribution in [-0.4, -0.2) is 36.4 Å². The molecule has 2 aromatic rings. The summed E-state index contributed by atoms with van der Waals surface area (Å²) in [6, 6.07) is 11.2. The average Bonchev–Trinajstić information content (AvgIpc) is 3.12. The highest BCUT2D eigenvalue weighted by Gasteiger charge is 2.27. The summed E-state index contributed by atoms with van der Waals surface area (Å²) in [4.78, 5) is 4.53. The number of halogens is 3. The molecule has 8 heteroatoms. The number of hydrogen-bond acceptors (Lipinski definition) is 2. The molecule has 2 rings (SSSR count). The fourth-order valence-corrected chi connectivity index (χ4v) is 2.44. The number of nitrogens with zero attached hydrogens (tertiary/aromatic N) is 2. The quantitative estimate of drug-likeness (QED) is 0.517. The van der Waals surface area contributed by atoms with Crippen LogP contribution in [0.5, 0.6) is 0 Å². The number of guanidine groups is 1. The Morgan fingerprint density at radius 3 is 2.56 bits per heavy atom. The smallest absolute Gasteiger partial charge is 0.367 e. The minimum atomic E-state index is -4.31. The Bertz CT molecular complexity index is 699.